The molecule has 0 radical (unpaired) electrons. The van der Waals surface area contributed by atoms with Gasteiger partial charge in [0.25, 0.3) is 0 Å². The van der Waals surface area contributed by atoms with Gasteiger partial charge in [-0.05, 0) is 0 Å². The van der Waals surface area contributed by atoms with Gasteiger partial charge in [-0.25, -0.2) is 4.79 Å². The summed E-state index contributed by atoms with van der Waals surface area (Å²) in [6, 6.07) is -0.506. The van der Waals surface area contributed by atoms with E-state index in [1.54, 1.807) is 0 Å². The van der Waals surface area contributed by atoms with E-state index in [1.165, 1.54) is 11.8 Å². The van der Waals surface area contributed by atoms with Crippen LogP contribution in [0.4, 0.5) is 4.79 Å². The fourth-order valence-corrected chi connectivity index (χ4v) is 1.04. The first-order valence-electron chi connectivity index (χ1n) is 3.93. The van der Waals surface area contributed by atoms with Crippen molar-refractivity contribution in [3.8, 4) is 0 Å². The van der Waals surface area contributed by atoms with Crippen LogP contribution < -0.4 is 10.6 Å². The minimum Gasteiger partial charge on any atom is -0.336 e. The van der Waals surface area contributed by atoms with Crippen molar-refractivity contribution in [2.75, 3.05) is 19.6 Å². The second-order valence-corrected chi connectivity index (χ2v) is 2.74. The number of carbonyl (C=O) groups is 3. The molecule has 0 spiro atoms. The molecular formula is C7H11N3O3. The normalized spacial score (nSPS) is 18.4. The van der Waals surface area contributed by atoms with Crippen molar-refractivity contribution >= 4 is 17.8 Å². The van der Waals surface area contributed by atoms with E-state index in [-0.39, 0.29) is 12.5 Å². The smallest absolute Gasteiger partial charge is 0.321 e. The van der Waals surface area contributed by atoms with Crippen molar-refractivity contribution in [3.63, 3.8) is 0 Å². The maximum atomic E-state index is 11.0. The lowest BCUT2D eigenvalue weighted by molar-refractivity contribution is -0.134. The minimum atomic E-state index is -0.506. The van der Waals surface area contributed by atoms with Crippen LogP contribution >= 0.6 is 0 Å². The summed E-state index contributed by atoms with van der Waals surface area (Å²) in [5, 5.41) is 4.52. The monoisotopic (exact) mass is 185 g/mol. The van der Waals surface area contributed by atoms with Crippen LogP contribution in [0.25, 0.3) is 0 Å². The predicted octanol–water partition coefficient (Wildman–Crippen LogP) is -1.33. The Morgan fingerprint density at radius 3 is 2.77 bits per heavy atom. The highest BCUT2D eigenvalue weighted by atomic mass is 16.2. The SMILES string of the molecule is CC(=O)N1CCNC(=O)NC(=O)C1. The number of hydrogen-bond donors (Lipinski definition) is 2. The topological polar surface area (TPSA) is 78.5 Å². The van der Waals surface area contributed by atoms with Gasteiger partial charge in [0.2, 0.25) is 11.8 Å². The Kier molecular flexibility index (Phi) is 2.84. The lowest BCUT2D eigenvalue weighted by Crippen LogP contribution is -2.51. The first-order valence-corrected chi connectivity index (χ1v) is 3.93. The summed E-state index contributed by atoms with van der Waals surface area (Å²) in [6.45, 7) is 2.06. The third-order valence-electron chi connectivity index (χ3n) is 1.70. The van der Waals surface area contributed by atoms with Crippen molar-refractivity contribution in [2.45, 2.75) is 6.92 Å². The number of nitrogens with zero attached hydrogens (tertiary/aromatic N) is 1. The Balaban J connectivity index is 2.59. The van der Waals surface area contributed by atoms with E-state index < -0.39 is 11.9 Å². The molecule has 2 N–H and O–H groups in total. The van der Waals surface area contributed by atoms with Gasteiger partial charge in [-0.3, -0.25) is 14.9 Å². The number of rotatable bonds is 0. The summed E-state index contributed by atoms with van der Waals surface area (Å²) in [4.78, 5) is 34.1. The van der Waals surface area contributed by atoms with Crippen molar-refractivity contribution in [1.82, 2.24) is 15.5 Å². The van der Waals surface area contributed by atoms with Crippen LogP contribution in [0.3, 0.4) is 0 Å². The maximum absolute atomic E-state index is 11.0. The summed E-state index contributed by atoms with van der Waals surface area (Å²) < 4.78 is 0. The van der Waals surface area contributed by atoms with Gasteiger partial charge >= 0.3 is 6.03 Å². The summed E-state index contributed by atoms with van der Waals surface area (Å²) in [5.41, 5.74) is 0. The fourth-order valence-electron chi connectivity index (χ4n) is 1.04. The van der Waals surface area contributed by atoms with E-state index in [0.717, 1.165) is 0 Å². The molecule has 1 rings (SSSR count). The first-order chi connectivity index (χ1) is 6.09. The van der Waals surface area contributed by atoms with Gasteiger partial charge in [0.15, 0.2) is 0 Å². The summed E-state index contributed by atoms with van der Waals surface area (Å²) in [6.07, 6.45) is 0. The third kappa shape index (κ3) is 2.73. The molecule has 72 valence electrons. The molecule has 6 nitrogen and oxygen atoms in total. The molecule has 4 amide bonds. The summed E-state index contributed by atoms with van der Waals surface area (Å²) >= 11 is 0. The Morgan fingerprint density at radius 1 is 1.46 bits per heavy atom. The van der Waals surface area contributed by atoms with Crippen LogP contribution in [0.5, 0.6) is 0 Å². The quantitative estimate of drug-likeness (QED) is 0.491. The second kappa shape index (κ2) is 3.88. The standard InChI is InChI=1S/C7H11N3O3/c1-5(11)10-3-2-8-7(13)9-6(12)4-10/h2-4H2,1H3,(H2,8,9,12,13). The molecule has 1 heterocycles. The molecule has 0 aromatic rings. The highest BCUT2D eigenvalue weighted by Crippen LogP contribution is 1.90. The van der Waals surface area contributed by atoms with Crippen molar-refractivity contribution < 1.29 is 14.4 Å². The first kappa shape index (κ1) is 9.50. The van der Waals surface area contributed by atoms with Crippen LogP contribution in [0.1, 0.15) is 6.92 Å². The molecule has 0 unspecified atom stereocenters. The molecule has 0 aromatic heterocycles. The van der Waals surface area contributed by atoms with Crippen molar-refractivity contribution in [3.05, 3.63) is 0 Å². The largest absolute Gasteiger partial charge is 0.336 e. The Hall–Kier alpha value is -1.59. The molecule has 0 atom stereocenters. The highest BCUT2D eigenvalue weighted by Gasteiger charge is 2.17. The van der Waals surface area contributed by atoms with E-state index in [9.17, 15) is 14.4 Å². The minimum absolute atomic E-state index is 0.0528. The van der Waals surface area contributed by atoms with Gasteiger partial charge in [0.1, 0.15) is 6.54 Å². The maximum Gasteiger partial charge on any atom is 0.321 e. The van der Waals surface area contributed by atoms with Crippen LogP contribution in [-0.2, 0) is 9.59 Å². The molecule has 1 aliphatic heterocycles. The molecule has 1 saturated heterocycles. The Labute approximate surface area is 75.3 Å². The van der Waals surface area contributed by atoms with E-state index >= 15 is 0 Å². The zero-order valence-electron chi connectivity index (χ0n) is 7.29. The molecule has 1 fully saturated rings. The highest BCUT2D eigenvalue weighted by molar-refractivity contribution is 5.96. The van der Waals surface area contributed by atoms with Crippen LogP contribution in [-0.4, -0.2) is 42.4 Å². The van der Waals surface area contributed by atoms with Crippen LogP contribution in [0.15, 0.2) is 0 Å². The molecule has 0 aliphatic carbocycles. The molecule has 0 bridgehead atoms. The molecule has 1 aliphatic rings. The second-order valence-electron chi connectivity index (χ2n) is 2.74. The van der Waals surface area contributed by atoms with Gasteiger partial charge in [-0.15, -0.1) is 0 Å². The van der Waals surface area contributed by atoms with E-state index in [0.29, 0.717) is 13.1 Å². The molecule has 13 heavy (non-hydrogen) atoms. The summed E-state index contributed by atoms with van der Waals surface area (Å²) in [5.74, 6) is -0.640. The lowest BCUT2D eigenvalue weighted by atomic mass is 10.4. The number of nitrogens with one attached hydrogen (secondary N) is 2. The molecule has 0 aromatic carbocycles. The average Bonchev–Trinajstić information content (AvgIpc) is 1.98. The average molecular weight is 185 g/mol. The van der Waals surface area contributed by atoms with Gasteiger partial charge < -0.3 is 10.2 Å². The van der Waals surface area contributed by atoms with Crippen LogP contribution in [0.2, 0.25) is 0 Å². The Morgan fingerprint density at radius 2 is 2.15 bits per heavy atom. The predicted molar refractivity (Wildman–Crippen MR) is 43.8 cm³/mol. The molecular weight excluding hydrogens is 174 g/mol. The fraction of sp³-hybridized carbons (Fsp3) is 0.571. The lowest BCUT2D eigenvalue weighted by Gasteiger charge is -2.22. The molecule has 0 saturated carbocycles. The molecule has 6 heteroatoms. The van der Waals surface area contributed by atoms with E-state index in [1.807, 2.05) is 0 Å². The van der Waals surface area contributed by atoms with E-state index in [2.05, 4.69) is 10.6 Å². The number of carbonyl (C=O) groups excluding carboxylic acids is 3. The zero-order chi connectivity index (χ0) is 9.84. The van der Waals surface area contributed by atoms with Crippen molar-refractivity contribution in [1.29, 1.82) is 0 Å². The Bertz CT molecular complexity index is 251. The number of urea groups is 1. The number of amides is 4. The van der Waals surface area contributed by atoms with Gasteiger partial charge in [0, 0.05) is 20.0 Å². The third-order valence-corrected chi connectivity index (χ3v) is 1.70. The van der Waals surface area contributed by atoms with E-state index in [4.69, 9.17) is 0 Å². The number of imide groups is 1. The number of hydrogen-bond acceptors (Lipinski definition) is 3. The van der Waals surface area contributed by atoms with Crippen LogP contribution in [0, 0.1) is 0 Å². The van der Waals surface area contributed by atoms with Gasteiger partial charge in [-0.1, -0.05) is 0 Å². The van der Waals surface area contributed by atoms with Crippen molar-refractivity contribution in [2.24, 2.45) is 0 Å². The summed E-state index contributed by atoms with van der Waals surface area (Å²) in [7, 11) is 0. The van der Waals surface area contributed by atoms with Gasteiger partial charge in [0.05, 0.1) is 0 Å². The van der Waals surface area contributed by atoms with Gasteiger partial charge in [-0.2, -0.15) is 0 Å². The zero-order valence-corrected chi connectivity index (χ0v) is 7.29.